The molecule has 9 aromatic rings. The molecule has 2 unspecified atom stereocenters. The van der Waals surface area contributed by atoms with Gasteiger partial charge in [0.2, 0.25) is 0 Å². The van der Waals surface area contributed by atoms with Crippen LogP contribution >= 0.6 is 11.8 Å². The van der Waals surface area contributed by atoms with Crippen molar-refractivity contribution in [3.05, 3.63) is 230 Å². The lowest BCUT2D eigenvalue weighted by atomic mass is 9.84. The number of hydrogen-bond acceptors (Lipinski definition) is 2. The summed E-state index contributed by atoms with van der Waals surface area (Å²) in [7, 11) is 0. The van der Waals surface area contributed by atoms with Gasteiger partial charge in [0, 0.05) is 27.3 Å². The van der Waals surface area contributed by atoms with Gasteiger partial charge in [-0.25, -0.2) is 4.98 Å². The second kappa shape index (κ2) is 14.5. The summed E-state index contributed by atoms with van der Waals surface area (Å²) in [5.41, 5.74) is 18.0. The lowest BCUT2D eigenvalue weighted by molar-refractivity contribution is 0.885. The average molecular weight is 759 g/mol. The van der Waals surface area contributed by atoms with Crippen LogP contribution in [-0.2, 0) is 0 Å². The maximum Gasteiger partial charge on any atom is 0.145 e. The van der Waals surface area contributed by atoms with Crippen LogP contribution < -0.4 is 0 Å². The highest BCUT2D eigenvalue weighted by molar-refractivity contribution is 8.00. The first-order chi connectivity index (χ1) is 28.7. The molecule has 1 aliphatic heterocycles. The lowest BCUT2D eigenvalue weighted by Gasteiger charge is -2.20. The SMILES string of the molecule is C1=CC2Sc3c(-c4cccc(-c5nc6ccccc6n5-c5ccccc5)c4)cc(-c4ccc(-c5ccccc5)cc4)cc3C2C=C1c1ccc(-c2ccccc2)cc1. The normalized spacial score (nSPS) is 15.6. The number of benzene rings is 8. The van der Waals surface area contributed by atoms with Gasteiger partial charge in [0.05, 0.1) is 11.0 Å². The minimum atomic E-state index is 0.251. The molecule has 2 nitrogen and oxygen atoms in total. The van der Waals surface area contributed by atoms with E-state index in [1.54, 1.807) is 0 Å². The average Bonchev–Trinajstić information content (AvgIpc) is 3.88. The Hall–Kier alpha value is -6.94. The maximum atomic E-state index is 5.22. The smallest absolute Gasteiger partial charge is 0.145 e. The van der Waals surface area contributed by atoms with Crippen LogP contribution in [0.2, 0.25) is 0 Å². The van der Waals surface area contributed by atoms with E-state index in [4.69, 9.17) is 4.98 Å². The molecule has 3 heteroatoms. The Morgan fingerprint density at radius 2 is 1.00 bits per heavy atom. The Morgan fingerprint density at radius 3 is 1.69 bits per heavy atom. The van der Waals surface area contributed by atoms with Crippen LogP contribution in [0.15, 0.2) is 223 Å². The number of thioether (sulfide) groups is 1. The fraction of sp³-hybridized carbons (Fsp3) is 0.0364. The fourth-order valence-electron chi connectivity index (χ4n) is 8.64. The van der Waals surface area contributed by atoms with Gasteiger partial charge in [-0.2, -0.15) is 0 Å². The van der Waals surface area contributed by atoms with Crippen LogP contribution in [0, 0.1) is 0 Å². The predicted molar refractivity (Wildman–Crippen MR) is 244 cm³/mol. The zero-order valence-electron chi connectivity index (χ0n) is 31.7. The number of para-hydroxylation sites is 3. The molecule has 0 saturated heterocycles. The molecule has 0 saturated carbocycles. The third kappa shape index (κ3) is 6.21. The van der Waals surface area contributed by atoms with Crippen molar-refractivity contribution in [3.8, 4) is 61.6 Å². The predicted octanol–water partition coefficient (Wildman–Crippen LogP) is 14.6. The summed E-state index contributed by atoms with van der Waals surface area (Å²) >= 11 is 2.00. The van der Waals surface area contributed by atoms with Gasteiger partial charge >= 0.3 is 0 Å². The van der Waals surface area contributed by atoms with Crippen molar-refractivity contribution < 1.29 is 0 Å². The summed E-state index contributed by atoms with van der Waals surface area (Å²) in [4.78, 5) is 6.58. The Bertz CT molecular complexity index is 3000. The van der Waals surface area contributed by atoms with Gasteiger partial charge in [-0.1, -0.05) is 176 Å². The zero-order valence-corrected chi connectivity index (χ0v) is 32.6. The summed E-state index contributed by atoms with van der Waals surface area (Å²) in [5.74, 6) is 1.19. The van der Waals surface area contributed by atoms with E-state index in [1.807, 2.05) is 11.8 Å². The monoisotopic (exact) mass is 758 g/mol. The van der Waals surface area contributed by atoms with E-state index in [0.29, 0.717) is 5.25 Å². The minimum absolute atomic E-state index is 0.251. The van der Waals surface area contributed by atoms with Crippen molar-refractivity contribution in [1.82, 2.24) is 9.55 Å². The van der Waals surface area contributed by atoms with E-state index >= 15 is 0 Å². The molecule has 11 rings (SSSR count). The number of imidazole rings is 1. The molecule has 0 radical (unpaired) electrons. The summed E-state index contributed by atoms with van der Waals surface area (Å²) in [6, 6.07) is 72.2. The van der Waals surface area contributed by atoms with Crippen molar-refractivity contribution in [2.75, 3.05) is 0 Å². The molecule has 0 spiro atoms. The molecule has 2 atom stereocenters. The highest BCUT2D eigenvalue weighted by Gasteiger charge is 2.35. The van der Waals surface area contributed by atoms with Gasteiger partial charge in [0.25, 0.3) is 0 Å². The van der Waals surface area contributed by atoms with Crippen LogP contribution in [0.4, 0.5) is 0 Å². The second-order valence-electron chi connectivity index (χ2n) is 15.1. The van der Waals surface area contributed by atoms with E-state index < -0.39 is 0 Å². The van der Waals surface area contributed by atoms with Gasteiger partial charge in [-0.15, -0.1) is 11.8 Å². The number of aromatic nitrogens is 2. The van der Waals surface area contributed by atoms with Crippen LogP contribution in [0.3, 0.4) is 0 Å². The Labute approximate surface area is 343 Å². The fourth-order valence-corrected chi connectivity index (χ4v) is 10.1. The first-order valence-electron chi connectivity index (χ1n) is 19.9. The third-order valence-corrected chi connectivity index (χ3v) is 13.0. The number of fused-ring (bicyclic) bond motifs is 4. The maximum absolute atomic E-state index is 5.22. The van der Waals surface area contributed by atoms with Crippen LogP contribution in [0.25, 0.3) is 78.2 Å². The van der Waals surface area contributed by atoms with Crippen molar-refractivity contribution in [2.24, 2.45) is 0 Å². The standard InChI is InChI=1S/C55H38N2S/c1-4-13-37(14-5-1)39-23-27-41(28-24-39)43-31-32-53-49(34-43)50-36-46(42-29-25-40(26-30-42)38-15-6-2-7-16-38)35-48(54(50)58-53)44-17-12-18-45(33-44)55-56-51-21-10-11-22-52(51)57(55)47-19-8-3-9-20-47/h1-36,49,53H. The molecule has 2 heterocycles. The molecule has 2 aliphatic rings. The minimum Gasteiger partial charge on any atom is -0.292 e. The lowest BCUT2D eigenvalue weighted by Crippen LogP contribution is -2.09. The van der Waals surface area contributed by atoms with Crippen molar-refractivity contribution >= 4 is 28.4 Å². The first kappa shape index (κ1) is 34.3. The van der Waals surface area contributed by atoms with E-state index in [2.05, 4.69) is 223 Å². The molecular weight excluding hydrogens is 721 g/mol. The highest BCUT2D eigenvalue weighted by atomic mass is 32.2. The van der Waals surface area contributed by atoms with Crippen LogP contribution in [-0.4, -0.2) is 14.8 Å². The molecule has 0 amide bonds. The number of nitrogens with zero attached hydrogens (tertiary/aromatic N) is 2. The Balaban J connectivity index is 1.03. The van der Waals surface area contributed by atoms with Crippen LogP contribution in [0.1, 0.15) is 17.0 Å². The van der Waals surface area contributed by atoms with Crippen molar-refractivity contribution in [2.45, 2.75) is 16.1 Å². The number of hydrogen-bond donors (Lipinski definition) is 0. The third-order valence-electron chi connectivity index (χ3n) is 11.6. The molecule has 1 aliphatic carbocycles. The molecule has 0 bridgehead atoms. The Morgan fingerprint density at radius 1 is 0.448 bits per heavy atom. The van der Waals surface area contributed by atoms with Gasteiger partial charge in [-0.05, 0) is 104 Å². The van der Waals surface area contributed by atoms with Gasteiger partial charge in [0.1, 0.15) is 5.82 Å². The summed E-state index contributed by atoms with van der Waals surface area (Å²) in [5, 5.41) is 0.322. The second-order valence-corrected chi connectivity index (χ2v) is 16.3. The zero-order chi connectivity index (χ0) is 38.4. The van der Waals surface area contributed by atoms with E-state index in [0.717, 1.165) is 28.1 Å². The van der Waals surface area contributed by atoms with E-state index in [1.165, 1.54) is 66.1 Å². The molecule has 0 fully saturated rings. The van der Waals surface area contributed by atoms with E-state index in [-0.39, 0.29) is 5.92 Å². The van der Waals surface area contributed by atoms with E-state index in [9.17, 15) is 0 Å². The topological polar surface area (TPSA) is 17.8 Å². The summed E-state index contributed by atoms with van der Waals surface area (Å²) < 4.78 is 2.29. The number of allylic oxidation sites excluding steroid dienone is 3. The molecule has 274 valence electrons. The molecule has 1 aromatic heterocycles. The number of rotatable bonds is 7. The summed E-state index contributed by atoms with van der Waals surface area (Å²) in [6.07, 6.45) is 7.26. The van der Waals surface area contributed by atoms with Gasteiger partial charge in [-0.3, -0.25) is 4.57 Å². The van der Waals surface area contributed by atoms with Crippen LogP contribution in [0.5, 0.6) is 0 Å². The molecule has 0 N–H and O–H groups in total. The quantitative estimate of drug-likeness (QED) is 0.161. The highest BCUT2D eigenvalue weighted by Crippen LogP contribution is 2.54. The largest absolute Gasteiger partial charge is 0.292 e. The van der Waals surface area contributed by atoms with Crippen molar-refractivity contribution in [3.63, 3.8) is 0 Å². The van der Waals surface area contributed by atoms with Crippen molar-refractivity contribution in [1.29, 1.82) is 0 Å². The first-order valence-corrected chi connectivity index (χ1v) is 20.8. The van der Waals surface area contributed by atoms with Gasteiger partial charge < -0.3 is 0 Å². The summed E-state index contributed by atoms with van der Waals surface area (Å²) in [6.45, 7) is 0. The molecule has 58 heavy (non-hydrogen) atoms. The molecular formula is C55H38N2S. The molecule has 8 aromatic carbocycles. The Kier molecular flexibility index (Phi) is 8.60. The van der Waals surface area contributed by atoms with Gasteiger partial charge in [0.15, 0.2) is 0 Å².